The predicted molar refractivity (Wildman–Crippen MR) is 73.8 cm³/mol. The summed E-state index contributed by atoms with van der Waals surface area (Å²) in [6, 6.07) is 3.25. The lowest BCUT2D eigenvalue weighted by Crippen LogP contribution is -2.36. The first-order valence-corrected chi connectivity index (χ1v) is 8.74. The van der Waals surface area contributed by atoms with Gasteiger partial charge in [0.2, 0.25) is 0 Å². The van der Waals surface area contributed by atoms with Gasteiger partial charge in [0.15, 0.2) is 0 Å². The Morgan fingerprint density at radius 2 is 1.90 bits per heavy atom. The molecule has 20 heavy (non-hydrogen) atoms. The zero-order valence-electron chi connectivity index (χ0n) is 10.7. The van der Waals surface area contributed by atoms with Crippen molar-refractivity contribution >= 4 is 25.6 Å². The van der Waals surface area contributed by atoms with Gasteiger partial charge in [0.25, 0.3) is 15.0 Å². The van der Waals surface area contributed by atoms with Crippen LogP contribution in [0.1, 0.15) is 42.5 Å². The smallest absolute Gasteiger partial charge is 0.264 e. The van der Waals surface area contributed by atoms with E-state index in [0.29, 0.717) is 0 Å². The number of hydrogen-bond acceptors (Lipinski definition) is 3. The number of rotatable bonds is 3. The molecule has 4 nitrogen and oxygen atoms in total. The average molecular weight is 320 g/mol. The zero-order chi connectivity index (χ0) is 14.8. The van der Waals surface area contributed by atoms with Crippen molar-refractivity contribution in [2.75, 3.05) is 0 Å². The molecule has 0 radical (unpaired) electrons. The largest absolute Gasteiger partial charge is 0.349 e. The Bertz CT molecular complexity index is 612. The summed E-state index contributed by atoms with van der Waals surface area (Å²) in [6.07, 6.45) is 5.12. The standard InChI is InChI=1S/C13H15ClFNO3S/c14-20(18,19)12-8-9(6-7-11(12)15)13(17)16-10-4-2-1-3-5-10/h6-8,10H,1-5H2,(H,16,17). The van der Waals surface area contributed by atoms with E-state index < -0.39 is 25.7 Å². The van der Waals surface area contributed by atoms with E-state index in [1.807, 2.05) is 0 Å². The third-order valence-electron chi connectivity index (χ3n) is 3.40. The van der Waals surface area contributed by atoms with Crippen molar-refractivity contribution in [3.8, 4) is 0 Å². The molecule has 0 aliphatic heterocycles. The fourth-order valence-electron chi connectivity index (χ4n) is 2.35. The number of nitrogens with one attached hydrogen (secondary N) is 1. The Morgan fingerprint density at radius 1 is 1.25 bits per heavy atom. The summed E-state index contributed by atoms with van der Waals surface area (Å²) in [6.45, 7) is 0. The SMILES string of the molecule is O=C(NC1CCCCC1)c1ccc(F)c(S(=O)(=O)Cl)c1. The highest BCUT2D eigenvalue weighted by atomic mass is 35.7. The maximum Gasteiger partial charge on any atom is 0.264 e. The predicted octanol–water partition coefficient (Wildman–Crippen LogP) is 2.82. The Hall–Kier alpha value is -1.14. The van der Waals surface area contributed by atoms with Gasteiger partial charge in [0.1, 0.15) is 10.7 Å². The van der Waals surface area contributed by atoms with E-state index in [4.69, 9.17) is 10.7 Å². The van der Waals surface area contributed by atoms with Crippen molar-refractivity contribution < 1.29 is 17.6 Å². The lowest BCUT2D eigenvalue weighted by atomic mass is 9.95. The molecule has 1 saturated carbocycles. The first kappa shape index (κ1) is 15.3. The van der Waals surface area contributed by atoms with Crippen LogP contribution in [0, 0.1) is 5.82 Å². The molecule has 0 aromatic heterocycles. The van der Waals surface area contributed by atoms with E-state index in [1.165, 1.54) is 6.07 Å². The molecule has 7 heteroatoms. The van der Waals surface area contributed by atoms with E-state index in [1.54, 1.807) is 0 Å². The van der Waals surface area contributed by atoms with Crippen LogP contribution in [-0.2, 0) is 9.05 Å². The highest BCUT2D eigenvalue weighted by Crippen LogP contribution is 2.21. The van der Waals surface area contributed by atoms with Crippen LogP contribution in [0.4, 0.5) is 4.39 Å². The zero-order valence-corrected chi connectivity index (χ0v) is 12.3. The van der Waals surface area contributed by atoms with Crippen LogP contribution in [0.25, 0.3) is 0 Å². The number of carbonyl (C=O) groups is 1. The normalized spacial score (nSPS) is 16.9. The van der Waals surface area contributed by atoms with Crippen LogP contribution >= 0.6 is 10.7 Å². The highest BCUT2D eigenvalue weighted by molar-refractivity contribution is 8.13. The van der Waals surface area contributed by atoms with Crippen LogP contribution < -0.4 is 5.32 Å². The molecule has 1 N–H and O–H groups in total. The molecule has 0 bridgehead atoms. The Balaban J connectivity index is 2.18. The van der Waals surface area contributed by atoms with E-state index in [0.717, 1.165) is 44.2 Å². The van der Waals surface area contributed by atoms with Gasteiger partial charge in [-0.15, -0.1) is 0 Å². The molecule has 0 spiro atoms. The van der Waals surface area contributed by atoms with Gasteiger partial charge in [-0.05, 0) is 31.0 Å². The van der Waals surface area contributed by atoms with E-state index in [2.05, 4.69) is 5.32 Å². The number of benzene rings is 1. The first-order valence-electron chi connectivity index (χ1n) is 6.43. The molecule has 1 aliphatic rings. The highest BCUT2D eigenvalue weighted by Gasteiger charge is 2.21. The fourth-order valence-corrected chi connectivity index (χ4v) is 3.27. The number of halogens is 2. The summed E-state index contributed by atoms with van der Waals surface area (Å²) in [5, 5.41) is 2.83. The van der Waals surface area contributed by atoms with E-state index in [9.17, 15) is 17.6 Å². The minimum atomic E-state index is -4.21. The van der Waals surface area contributed by atoms with Gasteiger partial charge >= 0.3 is 0 Å². The molecule has 1 amide bonds. The molecule has 0 saturated heterocycles. The first-order chi connectivity index (χ1) is 9.38. The molecule has 0 unspecified atom stereocenters. The topological polar surface area (TPSA) is 63.2 Å². The second kappa shape index (κ2) is 6.10. The van der Waals surface area contributed by atoms with Crippen LogP contribution in [0.2, 0.25) is 0 Å². The van der Waals surface area contributed by atoms with Crippen LogP contribution in [-0.4, -0.2) is 20.4 Å². The van der Waals surface area contributed by atoms with Gasteiger partial charge in [0.05, 0.1) is 0 Å². The molecule has 1 aromatic rings. The minimum Gasteiger partial charge on any atom is -0.349 e. The Kier molecular flexibility index (Phi) is 4.65. The molecular formula is C13H15ClFNO3S. The minimum absolute atomic E-state index is 0.0937. The molecular weight excluding hydrogens is 305 g/mol. The second-order valence-corrected chi connectivity index (χ2v) is 7.43. The summed E-state index contributed by atoms with van der Waals surface area (Å²) in [5.74, 6) is -1.37. The summed E-state index contributed by atoms with van der Waals surface area (Å²) in [4.78, 5) is 11.4. The summed E-state index contributed by atoms with van der Waals surface area (Å²) in [5.41, 5.74) is 0.0937. The van der Waals surface area contributed by atoms with Crippen molar-refractivity contribution in [1.82, 2.24) is 5.32 Å². The third kappa shape index (κ3) is 3.70. The summed E-state index contributed by atoms with van der Waals surface area (Å²) < 4.78 is 35.8. The van der Waals surface area contributed by atoms with E-state index >= 15 is 0 Å². The maximum atomic E-state index is 13.4. The van der Waals surface area contributed by atoms with Gasteiger partial charge in [-0.2, -0.15) is 0 Å². The van der Waals surface area contributed by atoms with Gasteiger partial charge in [0, 0.05) is 22.3 Å². The second-order valence-electron chi connectivity index (χ2n) is 4.89. The maximum absolute atomic E-state index is 13.4. The molecule has 0 heterocycles. The van der Waals surface area contributed by atoms with Gasteiger partial charge < -0.3 is 5.32 Å². The van der Waals surface area contributed by atoms with Crippen LogP contribution in [0.3, 0.4) is 0 Å². The molecule has 1 fully saturated rings. The van der Waals surface area contributed by atoms with Gasteiger partial charge in [-0.1, -0.05) is 19.3 Å². The molecule has 1 aromatic carbocycles. The third-order valence-corrected chi connectivity index (χ3v) is 4.73. The Labute approximate surface area is 121 Å². The summed E-state index contributed by atoms with van der Waals surface area (Å²) in [7, 11) is 0.928. The lowest BCUT2D eigenvalue weighted by molar-refractivity contribution is 0.0927. The van der Waals surface area contributed by atoms with Crippen LogP contribution in [0.15, 0.2) is 23.1 Å². The average Bonchev–Trinajstić information content (AvgIpc) is 2.39. The van der Waals surface area contributed by atoms with Crippen molar-refractivity contribution in [3.63, 3.8) is 0 Å². The quantitative estimate of drug-likeness (QED) is 0.871. The number of hydrogen-bond donors (Lipinski definition) is 1. The van der Waals surface area contributed by atoms with Crippen molar-refractivity contribution in [2.45, 2.75) is 43.0 Å². The lowest BCUT2D eigenvalue weighted by Gasteiger charge is -2.22. The summed E-state index contributed by atoms with van der Waals surface area (Å²) >= 11 is 0. The molecule has 0 atom stereocenters. The molecule has 110 valence electrons. The Morgan fingerprint density at radius 3 is 2.50 bits per heavy atom. The monoisotopic (exact) mass is 319 g/mol. The molecule has 2 rings (SSSR count). The fraction of sp³-hybridized carbons (Fsp3) is 0.462. The van der Waals surface area contributed by atoms with Crippen LogP contribution in [0.5, 0.6) is 0 Å². The van der Waals surface area contributed by atoms with Crippen molar-refractivity contribution in [3.05, 3.63) is 29.6 Å². The number of amides is 1. The number of carbonyl (C=O) groups excluding carboxylic acids is 1. The van der Waals surface area contributed by atoms with Crippen molar-refractivity contribution in [2.24, 2.45) is 0 Å². The van der Waals surface area contributed by atoms with Gasteiger partial charge in [-0.25, -0.2) is 12.8 Å². The van der Waals surface area contributed by atoms with E-state index in [-0.39, 0.29) is 11.6 Å². The van der Waals surface area contributed by atoms with Crippen molar-refractivity contribution in [1.29, 1.82) is 0 Å². The van der Waals surface area contributed by atoms with Gasteiger partial charge in [-0.3, -0.25) is 4.79 Å². The molecule has 1 aliphatic carbocycles.